The van der Waals surface area contributed by atoms with Gasteiger partial charge in [0.2, 0.25) is 0 Å². The van der Waals surface area contributed by atoms with E-state index in [2.05, 4.69) is 109 Å². The van der Waals surface area contributed by atoms with Crippen LogP contribution in [0.4, 0.5) is 0 Å². The van der Waals surface area contributed by atoms with Crippen molar-refractivity contribution in [2.24, 2.45) is 104 Å². The van der Waals surface area contributed by atoms with Gasteiger partial charge in [0, 0.05) is 0 Å². The number of allylic oxidation sites excluding steroid dienone is 2. The molecule has 0 aromatic rings. The minimum Gasteiger partial charge on any atom is -0.390 e. The Kier molecular flexibility index (Phi) is 14.3. The first-order valence-corrected chi connectivity index (χ1v) is 30.7. The average molecular weight is 970 g/mol. The van der Waals surface area contributed by atoms with Crippen molar-refractivity contribution in [3.63, 3.8) is 0 Å². The maximum atomic E-state index is 11.3. The molecule has 8 saturated carbocycles. The zero-order valence-electron chi connectivity index (χ0n) is 48.3. The summed E-state index contributed by atoms with van der Waals surface area (Å²) < 4.78 is 0. The predicted octanol–water partition coefficient (Wildman–Crippen LogP) is 16.6. The fraction of sp³-hybridized carbons (Fsp3) is 0.939. The molecule has 0 heterocycles. The molecule has 70 heavy (non-hydrogen) atoms. The van der Waals surface area contributed by atoms with Gasteiger partial charge < -0.3 is 20.4 Å². The van der Waals surface area contributed by atoms with E-state index in [0.29, 0.717) is 56.2 Å². The first-order chi connectivity index (χ1) is 32.4. The predicted molar refractivity (Wildman–Crippen MR) is 292 cm³/mol. The van der Waals surface area contributed by atoms with Crippen molar-refractivity contribution in [2.45, 2.75) is 286 Å². The van der Waals surface area contributed by atoms with Crippen molar-refractivity contribution in [2.75, 3.05) is 0 Å². The van der Waals surface area contributed by atoms with E-state index in [1.165, 1.54) is 103 Å². The monoisotopic (exact) mass is 969 g/mol. The van der Waals surface area contributed by atoms with Crippen molar-refractivity contribution in [1.82, 2.24) is 0 Å². The van der Waals surface area contributed by atoms with Crippen LogP contribution >= 0.6 is 0 Å². The average Bonchev–Trinajstić information content (AvgIpc) is 3.83. The maximum Gasteiger partial charge on any atom is 0.0657 e. The highest BCUT2D eigenvalue weighted by Gasteiger charge is 2.63. The maximum absolute atomic E-state index is 11.3. The van der Waals surface area contributed by atoms with Crippen molar-refractivity contribution in [3.05, 3.63) is 23.3 Å². The molecule has 8 fully saturated rings. The smallest absolute Gasteiger partial charge is 0.0657 e. The first kappa shape index (κ1) is 54.1. The van der Waals surface area contributed by atoms with Crippen LogP contribution < -0.4 is 0 Å². The van der Waals surface area contributed by atoms with Gasteiger partial charge in [0.05, 0.1) is 22.4 Å². The van der Waals surface area contributed by atoms with E-state index < -0.39 is 22.4 Å². The summed E-state index contributed by atoms with van der Waals surface area (Å²) in [6.45, 7) is 34.1. The molecule has 0 bridgehead atoms. The molecule has 0 unspecified atom stereocenters. The van der Waals surface area contributed by atoms with Gasteiger partial charge >= 0.3 is 0 Å². The lowest BCUT2D eigenvalue weighted by Crippen LogP contribution is -2.54. The minimum absolute atomic E-state index is 0.308. The summed E-state index contributed by atoms with van der Waals surface area (Å²) >= 11 is 0. The Bertz CT molecular complexity index is 1790. The zero-order chi connectivity index (χ0) is 50.9. The Balaban J connectivity index is 0.000000174. The van der Waals surface area contributed by atoms with Crippen molar-refractivity contribution < 1.29 is 20.4 Å². The van der Waals surface area contributed by atoms with Gasteiger partial charge in [-0.25, -0.2) is 0 Å². The number of hydrogen-bond acceptors (Lipinski definition) is 4. The minimum atomic E-state index is -0.507. The third kappa shape index (κ3) is 9.86. The fourth-order valence-corrected chi connectivity index (χ4v) is 21.0. The van der Waals surface area contributed by atoms with Crippen LogP contribution in [-0.4, -0.2) is 42.8 Å². The molecule has 0 aliphatic heterocycles. The third-order valence-corrected chi connectivity index (χ3v) is 26.1. The highest BCUT2D eigenvalue weighted by atomic mass is 16.3. The van der Waals surface area contributed by atoms with Crippen LogP contribution in [0.15, 0.2) is 23.3 Å². The molecule has 4 nitrogen and oxygen atoms in total. The molecule has 0 aromatic heterocycles. The molecule has 10 aliphatic carbocycles. The lowest BCUT2D eigenvalue weighted by molar-refractivity contribution is -0.0860. The molecular weight excluding hydrogens is 857 g/mol. The second-order valence-corrected chi connectivity index (χ2v) is 32.1. The van der Waals surface area contributed by atoms with Gasteiger partial charge in [0.1, 0.15) is 0 Å². The fourth-order valence-electron chi connectivity index (χ4n) is 21.0. The highest BCUT2D eigenvalue weighted by molar-refractivity contribution is 5.30. The number of fused-ring (bicyclic) bond motifs is 10. The van der Waals surface area contributed by atoms with Crippen molar-refractivity contribution in [3.8, 4) is 0 Å². The summed E-state index contributed by atoms with van der Waals surface area (Å²) in [7, 11) is 0. The van der Waals surface area contributed by atoms with Crippen LogP contribution in [0.2, 0.25) is 0 Å². The molecule has 0 radical (unpaired) electrons. The van der Waals surface area contributed by atoms with Crippen LogP contribution in [0.5, 0.6) is 0 Å². The van der Waals surface area contributed by atoms with Gasteiger partial charge in [-0.2, -0.15) is 0 Å². The van der Waals surface area contributed by atoms with Crippen LogP contribution in [0.1, 0.15) is 264 Å². The van der Waals surface area contributed by atoms with E-state index in [0.717, 1.165) is 112 Å². The first-order valence-electron chi connectivity index (χ1n) is 30.7. The van der Waals surface area contributed by atoms with E-state index in [1.807, 2.05) is 0 Å². The van der Waals surface area contributed by atoms with Gasteiger partial charge in [0.25, 0.3) is 0 Å². The molecule has 0 spiro atoms. The van der Waals surface area contributed by atoms with Gasteiger partial charge in [-0.3, -0.25) is 0 Å². The van der Waals surface area contributed by atoms with Crippen LogP contribution in [0.25, 0.3) is 0 Å². The molecule has 10 aliphatic rings. The summed E-state index contributed by atoms with van der Waals surface area (Å²) in [5.74, 6) is 9.25. The molecule has 10 rings (SSSR count). The Morgan fingerprint density at radius 1 is 0.429 bits per heavy atom. The molecule has 0 aromatic carbocycles. The summed E-state index contributed by atoms with van der Waals surface area (Å²) in [5, 5.41) is 44.3. The summed E-state index contributed by atoms with van der Waals surface area (Å²) in [4.78, 5) is 0. The van der Waals surface area contributed by atoms with Gasteiger partial charge in [0.15, 0.2) is 0 Å². The Hall–Kier alpha value is -0.680. The van der Waals surface area contributed by atoms with E-state index >= 15 is 0 Å². The van der Waals surface area contributed by atoms with E-state index in [4.69, 9.17) is 0 Å². The van der Waals surface area contributed by atoms with E-state index in [1.54, 1.807) is 11.1 Å². The van der Waals surface area contributed by atoms with Gasteiger partial charge in [-0.05, 0) is 284 Å². The van der Waals surface area contributed by atoms with Gasteiger partial charge in [-0.1, -0.05) is 106 Å². The highest BCUT2D eigenvalue weighted by Crippen LogP contribution is 2.71. The Labute approximate surface area is 431 Å². The van der Waals surface area contributed by atoms with Crippen molar-refractivity contribution in [1.29, 1.82) is 0 Å². The number of rotatable bonds is 8. The Morgan fingerprint density at radius 3 is 1.11 bits per heavy atom. The molecule has 18 atom stereocenters. The molecule has 4 heteroatoms. The largest absolute Gasteiger partial charge is 0.390 e. The summed E-state index contributed by atoms with van der Waals surface area (Å²) in [6.07, 6.45) is 35.5. The number of aliphatic hydroxyl groups is 4. The molecule has 0 amide bonds. The van der Waals surface area contributed by atoms with E-state index in [-0.39, 0.29) is 0 Å². The number of hydrogen-bond donors (Lipinski definition) is 4. The zero-order valence-corrected chi connectivity index (χ0v) is 48.3. The standard InChI is InChI=1S/2C33H56O2/c2*1-22(10-13-33(35)18-14-29(3,4)15-19-33)25-8-9-26-28-23(2)20-24-21-30(5,34)16-17-31(24,6)27(28)11-12-32(25,26)7/h2*20,22-23,25-28,34-35H,8-19,21H2,1-7H3/t22-,23+,25-,26+,27+,28+,30+,31+,32-;22-,23-,25-,26+,27+,28+,30+,31+,32-/m11/s1. The third-order valence-electron chi connectivity index (χ3n) is 26.1. The second kappa shape index (κ2) is 18.5. The molecular formula is C66H112O4. The summed E-state index contributed by atoms with van der Waals surface area (Å²) in [5.41, 5.74) is 3.71. The normalized spacial score (nSPS) is 49.4. The molecule has 0 saturated heterocycles. The molecule has 4 N–H and O–H groups in total. The van der Waals surface area contributed by atoms with E-state index in [9.17, 15) is 20.4 Å². The lowest BCUT2D eigenvalue weighted by atomic mass is 9.44. The summed E-state index contributed by atoms with van der Waals surface area (Å²) in [6, 6.07) is 0. The van der Waals surface area contributed by atoms with Crippen molar-refractivity contribution >= 4 is 0 Å². The topological polar surface area (TPSA) is 80.9 Å². The molecule has 400 valence electrons. The quantitative estimate of drug-likeness (QED) is 0.183. The van der Waals surface area contributed by atoms with Crippen LogP contribution in [0.3, 0.4) is 0 Å². The lowest BCUT2D eigenvalue weighted by Gasteiger charge is -2.60. The Morgan fingerprint density at radius 2 is 0.771 bits per heavy atom. The van der Waals surface area contributed by atoms with Crippen LogP contribution in [-0.2, 0) is 0 Å². The van der Waals surface area contributed by atoms with Crippen LogP contribution in [0, 0.1) is 104 Å². The second-order valence-electron chi connectivity index (χ2n) is 32.1. The van der Waals surface area contributed by atoms with Gasteiger partial charge in [-0.15, -0.1) is 0 Å². The SMILES string of the molecule is C[C@@H]1C=C2C[C@@](C)(O)CC[C@]2(C)[C@H]2CC[C@]3(C)[C@@H]([C@H](C)CCC4(O)CCC(C)(C)CC4)CC[C@H]3[C@H]12.C[C@H](CCC1(O)CCC(C)(C)CC1)[C@H]1CC[C@H]2[C@@H]3[C@@H](C)C=C4C[C@@](C)(O)CC[C@]4(C)[C@H]3CC[C@]12C.